The van der Waals surface area contributed by atoms with Crippen LogP contribution in [0.5, 0.6) is 0 Å². The summed E-state index contributed by atoms with van der Waals surface area (Å²) in [5, 5.41) is 4.70. The van der Waals surface area contributed by atoms with Crippen molar-refractivity contribution in [2.45, 2.75) is 0 Å². The lowest BCUT2D eigenvalue weighted by Gasteiger charge is -2.16. The SMILES string of the molecule is CN(C)CCNc1c(-c2nc3ccc(F)cc3[nH]2)c(=O)[nH]c2ccc(Cl)cc12. The van der Waals surface area contributed by atoms with E-state index < -0.39 is 0 Å². The van der Waals surface area contributed by atoms with Crippen LogP contribution >= 0.6 is 11.6 Å². The molecule has 0 aliphatic heterocycles. The number of anilines is 1. The van der Waals surface area contributed by atoms with Gasteiger partial charge in [0.1, 0.15) is 17.2 Å². The fraction of sp³-hybridized carbons (Fsp3) is 0.200. The van der Waals surface area contributed by atoms with Crippen LogP contribution < -0.4 is 10.9 Å². The van der Waals surface area contributed by atoms with E-state index in [1.165, 1.54) is 12.1 Å². The fourth-order valence-corrected chi connectivity index (χ4v) is 3.35. The van der Waals surface area contributed by atoms with Gasteiger partial charge in [0.05, 0.1) is 22.2 Å². The average molecular weight is 400 g/mol. The molecule has 0 saturated carbocycles. The summed E-state index contributed by atoms with van der Waals surface area (Å²) in [6.07, 6.45) is 0. The summed E-state index contributed by atoms with van der Waals surface area (Å²) in [6.45, 7) is 1.40. The number of hydrogen-bond acceptors (Lipinski definition) is 4. The third-order valence-electron chi connectivity index (χ3n) is 4.52. The number of rotatable bonds is 5. The Bertz CT molecular complexity index is 1230. The highest BCUT2D eigenvalue weighted by Gasteiger charge is 2.18. The standard InChI is InChI=1S/C20H19ClFN5O/c1-27(2)8-7-23-18-13-9-11(21)3-5-14(13)26-20(28)17(18)19-24-15-6-4-12(22)10-16(15)25-19/h3-6,9-10H,7-8H2,1-2H3,(H,24,25)(H2,23,26,28). The van der Waals surface area contributed by atoms with Crippen molar-refractivity contribution in [3.05, 3.63) is 57.6 Å². The van der Waals surface area contributed by atoms with Crippen molar-refractivity contribution in [2.24, 2.45) is 0 Å². The molecule has 0 aliphatic carbocycles. The first kappa shape index (κ1) is 18.5. The van der Waals surface area contributed by atoms with Crippen LogP contribution in [0.3, 0.4) is 0 Å². The van der Waals surface area contributed by atoms with Crippen molar-refractivity contribution in [3.63, 3.8) is 0 Å². The van der Waals surface area contributed by atoms with E-state index in [1.807, 2.05) is 19.0 Å². The Hall–Kier alpha value is -2.90. The second-order valence-corrected chi connectivity index (χ2v) is 7.31. The molecular weight excluding hydrogens is 381 g/mol. The molecule has 0 radical (unpaired) electrons. The number of aromatic nitrogens is 3. The Morgan fingerprint density at radius 3 is 2.75 bits per heavy atom. The second kappa shape index (κ2) is 7.26. The van der Waals surface area contributed by atoms with Gasteiger partial charge >= 0.3 is 0 Å². The van der Waals surface area contributed by atoms with Crippen LogP contribution in [0.15, 0.2) is 41.2 Å². The van der Waals surface area contributed by atoms with E-state index >= 15 is 0 Å². The molecule has 0 spiro atoms. The van der Waals surface area contributed by atoms with Gasteiger partial charge in [-0.25, -0.2) is 9.37 Å². The topological polar surface area (TPSA) is 76.8 Å². The van der Waals surface area contributed by atoms with Crippen LogP contribution in [0, 0.1) is 5.82 Å². The van der Waals surface area contributed by atoms with Gasteiger partial charge in [0.25, 0.3) is 5.56 Å². The summed E-state index contributed by atoms with van der Waals surface area (Å²) in [4.78, 5) is 25.4. The molecule has 0 saturated heterocycles. The first-order chi connectivity index (χ1) is 13.4. The van der Waals surface area contributed by atoms with E-state index in [1.54, 1.807) is 24.3 Å². The monoisotopic (exact) mass is 399 g/mol. The molecule has 0 fully saturated rings. The smallest absolute Gasteiger partial charge is 0.261 e. The maximum Gasteiger partial charge on any atom is 0.261 e. The zero-order chi connectivity index (χ0) is 19.8. The number of pyridine rings is 1. The molecule has 8 heteroatoms. The zero-order valence-corrected chi connectivity index (χ0v) is 16.2. The third-order valence-corrected chi connectivity index (χ3v) is 4.75. The summed E-state index contributed by atoms with van der Waals surface area (Å²) < 4.78 is 13.6. The molecule has 4 rings (SSSR count). The van der Waals surface area contributed by atoms with E-state index in [4.69, 9.17) is 11.6 Å². The third kappa shape index (κ3) is 3.46. The lowest BCUT2D eigenvalue weighted by molar-refractivity contribution is 0.425. The minimum Gasteiger partial charge on any atom is -0.382 e. The van der Waals surface area contributed by atoms with Crippen LogP contribution in [-0.2, 0) is 0 Å². The van der Waals surface area contributed by atoms with Crippen LogP contribution in [0.4, 0.5) is 10.1 Å². The molecule has 2 heterocycles. The minimum atomic E-state index is -0.369. The summed E-state index contributed by atoms with van der Waals surface area (Å²) in [5.74, 6) is 0.00214. The van der Waals surface area contributed by atoms with Crippen molar-refractivity contribution >= 4 is 39.2 Å². The van der Waals surface area contributed by atoms with Gasteiger partial charge in [-0.15, -0.1) is 0 Å². The first-order valence-electron chi connectivity index (χ1n) is 8.82. The van der Waals surface area contributed by atoms with E-state index in [9.17, 15) is 9.18 Å². The maximum absolute atomic E-state index is 13.6. The Balaban J connectivity index is 1.94. The van der Waals surface area contributed by atoms with Gasteiger partial charge in [-0.3, -0.25) is 4.79 Å². The molecule has 0 amide bonds. The summed E-state index contributed by atoms with van der Waals surface area (Å²) in [6, 6.07) is 9.58. The van der Waals surface area contributed by atoms with Gasteiger partial charge in [-0.05, 0) is 50.5 Å². The largest absolute Gasteiger partial charge is 0.382 e. The molecule has 2 aromatic carbocycles. The number of imidazole rings is 1. The Morgan fingerprint density at radius 2 is 1.96 bits per heavy atom. The molecule has 4 aromatic rings. The number of nitrogens with one attached hydrogen (secondary N) is 3. The van der Waals surface area contributed by atoms with Crippen LogP contribution in [0.25, 0.3) is 33.3 Å². The second-order valence-electron chi connectivity index (χ2n) is 6.87. The van der Waals surface area contributed by atoms with Crippen LogP contribution in [0.1, 0.15) is 0 Å². The zero-order valence-electron chi connectivity index (χ0n) is 15.4. The van der Waals surface area contributed by atoms with Crippen molar-refractivity contribution < 1.29 is 4.39 Å². The lowest BCUT2D eigenvalue weighted by atomic mass is 10.1. The van der Waals surface area contributed by atoms with Gasteiger partial charge in [0, 0.05) is 23.5 Å². The lowest BCUT2D eigenvalue weighted by Crippen LogP contribution is -2.22. The van der Waals surface area contributed by atoms with Crippen molar-refractivity contribution in [3.8, 4) is 11.4 Å². The number of nitrogens with zero attached hydrogens (tertiary/aromatic N) is 2. The first-order valence-corrected chi connectivity index (χ1v) is 9.20. The van der Waals surface area contributed by atoms with Gasteiger partial charge < -0.3 is 20.2 Å². The molecular formula is C20H19ClFN5O. The fourth-order valence-electron chi connectivity index (χ4n) is 3.18. The van der Waals surface area contributed by atoms with E-state index in [-0.39, 0.29) is 11.4 Å². The summed E-state index contributed by atoms with van der Waals surface area (Å²) in [5.41, 5.74) is 2.50. The van der Waals surface area contributed by atoms with Gasteiger partial charge in [0.15, 0.2) is 0 Å². The molecule has 2 aromatic heterocycles. The summed E-state index contributed by atoms with van der Waals surface area (Å²) in [7, 11) is 3.95. The number of H-pyrrole nitrogens is 2. The average Bonchev–Trinajstić information content (AvgIpc) is 3.04. The summed E-state index contributed by atoms with van der Waals surface area (Å²) >= 11 is 6.20. The van der Waals surface area contributed by atoms with Crippen LogP contribution in [0.2, 0.25) is 5.02 Å². The van der Waals surface area contributed by atoms with Gasteiger partial charge in [-0.1, -0.05) is 11.6 Å². The highest BCUT2D eigenvalue weighted by atomic mass is 35.5. The molecule has 3 N–H and O–H groups in total. The number of aromatic amines is 2. The molecule has 6 nitrogen and oxygen atoms in total. The quantitative estimate of drug-likeness (QED) is 0.476. The molecule has 0 bridgehead atoms. The minimum absolute atomic E-state index is 0.290. The number of halogens is 2. The molecule has 28 heavy (non-hydrogen) atoms. The Morgan fingerprint density at radius 1 is 1.14 bits per heavy atom. The normalized spacial score (nSPS) is 11.6. The Kier molecular flexibility index (Phi) is 4.78. The molecule has 144 valence electrons. The van der Waals surface area contributed by atoms with Gasteiger partial charge in [-0.2, -0.15) is 0 Å². The highest BCUT2D eigenvalue weighted by Crippen LogP contribution is 2.32. The highest BCUT2D eigenvalue weighted by molar-refractivity contribution is 6.31. The van der Waals surface area contributed by atoms with Crippen molar-refractivity contribution in [1.29, 1.82) is 0 Å². The predicted octanol–water partition coefficient (Wildman–Crippen LogP) is 3.84. The predicted molar refractivity (Wildman–Crippen MR) is 112 cm³/mol. The number of benzene rings is 2. The van der Waals surface area contributed by atoms with E-state index in [2.05, 4.69) is 20.3 Å². The van der Waals surface area contributed by atoms with E-state index in [0.717, 1.165) is 11.9 Å². The number of fused-ring (bicyclic) bond motifs is 2. The number of likely N-dealkylation sites (N-methyl/N-ethyl adjacent to an activating group) is 1. The number of hydrogen-bond donors (Lipinski definition) is 3. The van der Waals surface area contributed by atoms with Crippen molar-refractivity contribution in [1.82, 2.24) is 19.9 Å². The van der Waals surface area contributed by atoms with Crippen LogP contribution in [-0.4, -0.2) is 47.0 Å². The maximum atomic E-state index is 13.6. The molecule has 0 unspecified atom stereocenters. The Labute approximate surface area is 165 Å². The van der Waals surface area contributed by atoms with Gasteiger partial charge in [0.2, 0.25) is 0 Å². The van der Waals surface area contributed by atoms with E-state index in [0.29, 0.717) is 45.2 Å². The van der Waals surface area contributed by atoms with Crippen molar-refractivity contribution in [2.75, 3.05) is 32.5 Å². The molecule has 0 aliphatic rings. The molecule has 0 atom stereocenters.